The number of hydrogen-bond acceptors (Lipinski definition) is 3. The van der Waals surface area contributed by atoms with Crippen LogP contribution < -0.4 is 4.74 Å². The average Bonchev–Trinajstić information content (AvgIpc) is 2.53. The van der Waals surface area contributed by atoms with Gasteiger partial charge in [-0.05, 0) is 50.3 Å². The van der Waals surface area contributed by atoms with Gasteiger partial charge < -0.3 is 9.47 Å². The Kier molecular flexibility index (Phi) is 6.75. The number of cyclic esters (lactones) is 1. The molecule has 0 radical (unpaired) electrons. The molecule has 0 aliphatic carbocycles. The minimum Gasteiger partial charge on any atom is -0.494 e. The molecule has 22 heavy (non-hydrogen) atoms. The van der Waals surface area contributed by atoms with Crippen LogP contribution in [0.25, 0.3) is 0 Å². The van der Waals surface area contributed by atoms with Gasteiger partial charge in [0.2, 0.25) is 0 Å². The molecule has 1 aliphatic rings. The first-order valence-corrected chi connectivity index (χ1v) is 8.67. The van der Waals surface area contributed by atoms with Gasteiger partial charge in [-0.25, -0.2) is 0 Å². The lowest BCUT2D eigenvalue weighted by Crippen LogP contribution is -2.29. The number of esters is 1. The molecule has 0 bridgehead atoms. The first kappa shape index (κ1) is 16.9. The minimum absolute atomic E-state index is 0.0594. The maximum absolute atomic E-state index is 12.3. The molecule has 0 spiro atoms. The molecule has 1 saturated heterocycles. The smallest absolute Gasteiger partial charge is 0.313 e. The quantitative estimate of drug-likeness (QED) is 0.509. The van der Waals surface area contributed by atoms with Crippen LogP contribution >= 0.6 is 0 Å². The molecular formula is C19H28O3. The van der Waals surface area contributed by atoms with E-state index < -0.39 is 0 Å². The molecule has 1 aromatic rings. The van der Waals surface area contributed by atoms with Crippen molar-refractivity contribution in [3.05, 3.63) is 29.8 Å². The van der Waals surface area contributed by atoms with E-state index in [1.807, 2.05) is 31.2 Å². The summed E-state index contributed by atoms with van der Waals surface area (Å²) in [6, 6.07) is 7.84. The molecule has 0 N–H and O–H groups in total. The Morgan fingerprint density at radius 3 is 2.50 bits per heavy atom. The van der Waals surface area contributed by atoms with Crippen LogP contribution in [0.5, 0.6) is 5.75 Å². The van der Waals surface area contributed by atoms with Gasteiger partial charge >= 0.3 is 5.97 Å². The lowest BCUT2D eigenvalue weighted by molar-refractivity contribution is -0.156. The zero-order chi connectivity index (χ0) is 15.8. The largest absolute Gasteiger partial charge is 0.494 e. The lowest BCUT2D eigenvalue weighted by atomic mass is 9.89. The topological polar surface area (TPSA) is 35.5 Å². The summed E-state index contributed by atoms with van der Waals surface area (Å²) < 4.78 is 11.1. The van der Waals surface area contributed by atoms with E-state index in [0.29, 0.717) is 6.61 Å². The summed E-state index contributed by atoms with van der Waals surface area (Å²) in [5.41, 5.74) is 1.04. The normalized spacial score (nSPS) is 21.5. The van der Waals surface area contributed by atoms with Gasteiger partial charge in [0.1, 0.15) is 11.9 Å². The molecule has 1 aliphatic heterocycles. The van der Waals surface area contributed by atoms with Crippen molar-refractivity contribution in [1.29, 1.82) is 0 Å². The molecule has 1 fully saturated rings. The van der Waals surface area contributed by atoms with Crippen LogP contribution in [0.4, 0.5) is 0 Å². The fraction of sp³-hybridized carbons (Fsp3) is 0.632. The lowest BCUT2D eigenvalue weighted by Gasteiger charge is -2.28. The summed E-state index contributed by atoms with van der Waals surface area (Å²) in [5, 5.41) is 0. The summed E-state index contributed by atoms with van der Waals surface area (Å²) in [6.45, 7) is 4.83. The van der Waals surface area contributed by atoms with E-state index in [0.717, 1.165) is 30.6 Å². The summed E-state index contributed by atoms with van der Waals surface area (Å²) in [7, 11) is 0. The number of rotatable bonds is 8. The molecule has 2 atom stereocenters. The van der Waals surface area contributed by atoms with Crippen molar-refractivity contribution in [2.75, 3.05) is 6.61 Å². The van der Waals surface area contributed by atoms with Gasteiger partial charge in [0, 0.05) is 0 Å². The predicted molar refractivity (Wildman–Crippen MR) is 88.2 cm³/mol. The Bertz CT molecular complexity index is 452. The highest BCUT2D eigenvalue weighted by Gasteiger charge is 2.30. The average molecular weight is 304 g/mol. The number of unbranched alkanes of at least 4 members (excludes halogenated alkanes) is 3. The second-order valence-corrected chi connectivity index (χ2v) is 6.04. The molecule has 2 unspecified atom stereocenters. The zero-order valence-corrected chi connectivity index (χ0v) is 13.8. The van der Waals surface area contributed by atoms with E-state index in [9.17, 15) is 4.79 Å². The van der Waals surface area contributed by atoms with Crippen molar-refractivity contribution in [1.82, 2.24) is 0 Å². The SMILES string of the molecule is CCCCCCC1CCC(c2ccc(OCC)cc2)C(=O)O1. The Balaban J connectivity index is 1.83. The van der Waals surface area contributed by atoms with Crippen LogP contribution in [-0.4, -0.2) is 18.7 Å². The zero-order valence-electron chi connectivity index (χ0n) is 13.8. The van der Waals surface area contributed by atoms with Crippen LogP contribution in [0.1, 0.15) is 70.3 Å². The molecule has 2 rings (SSSR count). The van der Waals surface area contributed by atoms with E-state index >= 15 is 0 Å². The van der Waals surface area contributed by atoms with Crippen molar-refractivity contribution in [3.63, 3.8) is 0 Å². The summed E-state index contributed by atoms with van der Waals surface area (Å²) in [5.74, 6) is 0.683. The van der Waals surface area contributed by atoms with Gasteiger partial charge in [-0.15, -0.1) is 0 Å². The van der Waals surface area contributed by atoms with Gasteiger partial charge in [-0.1, -0.05) is 38.3 Å². The highest BCUT2D eigenvalue weighted by Crippen LogP contribution is 2.32. The van der Waals surface area contributed by atoms with Gasteiger partial charge in [0.05, 0.1) is 12.5 Å². The number of carbonyl (C=O) groups is 1. The van der Waals surface area contributed by atoms with Gasteiger partial charge in [0.15, 0.2) is 0 Å². The molecule has 1 heterocycles. The van der Waals surface area contributed by atoms with E-state index in [1.165, 1.54) is 25.7 Å². The van der Waals surface area contributed by atoms with Crippen molar-refractivity contribution >= 4 is 5.97 Å². The maximum Gasteiger partial charge on any atom is 0.313 e. The van der Waals surface area contributed by atoms with Gasteiger partial charge in [-0.3, -0.25) is 4.79 Å². The van der Waals surface area contributed by atoms with Crippen LogP contribution in [0.2, 0.25) is 0 Å². The Labute approximate surface area is 134 Å². The van der Waals surface area contributed by atoms with Crippen molar-refractivity contribution in [2.24, 2.45) is 0 Å². The molecule has 0 saturated carbocycles. The van der Waals surface area contributed by atoms with E-state index in [1.54, 1.807) is 0 Å². The highest BCUT2D eigenvalue weighted by molar-refractivity contribution is 5.79. The van der Waals surface area contributed by atoms with Gasteiger partial charge in [-0.2, -0.15) is 0 Å². The molecule has 3 nitrogen and oxygen atoms in total. The van der Waals surface area contributed by atoms with Crippen LogP contribution in [-0.2, 0) is 9.53 Å². The van der Waals surface area contributed by atoms with Crippen LogP contribution in [0.3, 0.4) is 0 Å². The number of benzene rings is 1. The third kappa shape index (κ3) is 4.75. The molecule has 122 valence electrons. The number of ether oxygens (including phenoxy) is 2. The van der Waals surface area contributed by atoms with Crippen molar-refractivity contribution in [3.8, 4) is 5.75 Å². The summed E-state index contributed by atoms with van der Waals surface area (Å²) in [4.78, 5) is 12.3. The monoisotopic (exact) mass is 304 g/mol. The minimum atomic E-state index is -0.109. The van der Waals surface area contributed by atoms with E-state index in [-0.39, 0.29) is 18.0 Å². The third-order valence-electron chi connectivity index (χ3n) is 4.32. The molecule has 0 aromatic heterocycles. The fourth-order valence-electron chi connectivity index (χ4n) is 3.04. The van der Waals surface area contributed by atoms with E-state index in [2.05, 4.69) is 6.92 Å². The van der Waals surface area contributed by atoms with Gasteiger partial charge in [0.25, 0.3) is 0 Å². The predicted octanol–water partition coefficient (Wildman–Crippen LogP) is 4.84. The Morgan fingerprint density at radius 1 is 1.09 bits per heavy atom. The molecule has 3 heteroatoms. The number of carbonyl (C=O) groups excluding carboxylic acids is 1. The van der Waals surface area contributed by atoms with Crippen LogP contribution in [0.15, 0.2) is 24.3 Å². The second-order valence-electron chi connectivity index (χ2n) is 6.04. The summed E-state index contributed by atoms with van der Waals surface area (Å²) in [6.07, 6.45) is 7.94. The maximum atomic E-state index is 12.3. The van der Waals surface area contributed by atoms with E-state index in [4.69, 9.17) is 9.47 Å². The molecule has 1 aromatic carbocycles. The first-order valence-electron chi connectivity index (χ1n) is 8.67. The van der Waals surface area contributed by atoms with Crippen molar-refractivity contribution in [2.45, 2.75) is 70.8 Å². The Hall–Kier alpha value is -1.51. The third-order valence-corrected chi connectivity index (χ3v) is 4.32. The van der Waals surface area contributed by atoms with Crippen LogP contribution in [0, 0.1) is 0 Å². The Morgan fingerprint density at radius 2 is 1.86 bits per heavy atom. The molecular weight excluding hydrogens is 276 g/mol. The first-order chi connectivity index (χ1) is 10.7. The second kappa shape index (κ2) is 8.82. The molecule has 0 amide bonds. The highest BCUT2D eigenvalue weighted by atomic mass is 16.5. The van der Waals surface area contributed by atoms with Crippen molar-refractivity contribution < 1.29 is 14.3 Å². The number of hydrogen-bond donors (Lipinski definition) is 0. The summed E-state index contributed by atoms with van der Waals surface area (Å²) >= 11 is 0. The standard InChI is InChI=1S/C19H28O3/c1-3-5-6-7-8-17-13-14-18(19(20)22-17)15-9-11-16(12-10-15)21-4-2/h9-12,17-18H,3-8,13-14H2,1-2H3. The fourth-order valence-corrected chi connectivity index (χ4v) is 3.04.